The molecule has 3 rings (SSSR count). The van der Waals surface area contributed by atoms with Crippen LogP contribution in [-0.4, -0.2) is 42.3 Å². The number of nitrogens with zero attached hydrogens (tertiary/aromatic N) is 2. The lowest BCUT2D eigenvalue weighted by Gasteiger charge is -2.25. The zero-order chi connectivity index (χ0) is 17.5. The Morgan fingerprint density at radius 1 is 1.29 bits per heavy atom. The second-order valence-corrected chi connectivity index (χ2v) is 9.92. The van der Waals surface area contributed by atoms with Crippen molar-refractivity contribution in [2.45, 2.75) is 44.4 Å². The summed E-state index contributed by atoms with van der Waals surface area (Å²) >= 11 is 1.42. The maximum Gasteiger partial charge on any atom is 0.247 e. The number of sulfone groups is 1. The predicted molar refractivity (Wildman–Crippen MR) is 99.6 cm³/mol. The van der Waals surface area contributed by atoms with E-state index in [1.54, 1.807) is 6.92 Å². The number of amidine groups is 1. The highest BCUT2D eigenvalue weighted by Crippen LogP contribution is 2.41. The number of benzene rings is 1. The Kier molecular flexibility index (Phi) is 4.75. The molecule has 2 aliphatic heterocycles. The second kappa shape index (κ2) is 6.52. The number of carbonyl (C=O) groups is 1. The van der Waals surface area contributed by atoms with Gasteiger partial charge in [0, 0.05) is 17.4 Å². The first-order chi connectivity index (χ1) is 11.3. The summed E-state index contributed by atoms with van der Waals surface area (Å²) in [5.74, 6) is 0.531. The van der Waals surface area contributed by atoms with Crippen LogP contribution in [0.2, 0.25) is 0 Å². The first kappa shape index (κ1) is 17.5. The van der Waals surface area contributed by atoms with Crippen molar-refractivity contribution in [1.82, 2.24) is 0 Å². The Labute approximate surface area is 147 Å². The van der Waals surface area contributed by atoms with Crippen molar-refractivity contribution in [3.05, 3.63) is 29.8 Å². The van der Waals surface area contributed by atoms with Crippen molar-refractivity contribution in [2.24, 2.45) is 4.99 Å². The fourth-order valence-electron chi connectivity index (χ4n) is 3.07. The van der Waals surface area contributed by atoms with Crippen LogP contribution in [0, 0.1) is 0 Å². The molecule has 130 valence electrons. The minimum Gasteiger partial charge on any atom is -0.316 e. The largest absolute Gasteiger partial charge is 0.316 e. The molecule has 0 radical (unpaired) electrons. The van der Waals surface area contributed by atoms with Gasteiger partial charge in [0.05, 0.1) is 17.5 Å². The molecule has 0 saturated carbocycles. The molecular weight excluding hydrogens is 344 g/mol. The van der Waals surface area contributed by atoms with Crippen molar-refractivity contribution < 1.29 is 13.2 Å². The fraction of sp³-hybridized carbons (Fsp3) is 0.529. The summed E-state index contributed by atoms with van der Waals surface area (Å²) in [7, 11) is -3.03. The average Bonchev–Trinajstić information content (AvgIpc) is 2.98. The zero-order valence-corrected chi connectivity index (χ0v) is 15.7. The van der Waals surface area contributed by atoms with Crippen LogP contribution in [0.15, 0.2) is 29.3 Å². The maximum absolute atomic E-state index is 12.0. The molecule has 1 aromatic rings. The molecule has 2 atom stereocenters. The van der Waals surface area contributed by atoms with Crippen LogP contribution in [-0.2, 0) is 14.6 Å². The summed E-state index contributed by atoms with van der Waals surface area (Å²) in [6, 6.07) is 7.96. The van der Waals surface area contributed by atoms with E-state index in [4.69, 9.17) is 0 Å². The summed E-state index contributed by atoms with van der Waals surface area (Å²) < 4.78 is 24.0. The Balaban J connectivity index is 1.98. The molecule has 2 aliphatic rings. The molecule has 0 bridgehead atoms. The van der Waals surface area contributed by atoms with E-state index in [2.05, 4.69) is 31.0 Å². The van der Waals surface area contributed by atoms with Gasteiger partial charge in [0.1, 0.15) is 0 Å². The van der Waals surface area contributed by atoms with Gasteiger partial charge in [-0.3, -0.25) is 4.79 Å². The van der Waals surface area contributed by atoms with Crippen LogP contribution in [0.3, 0.4) is 0 Å². The number of hydrogen-bond acceptors (Lipinski definition) is 4. The monoisotopic (exact) mass is 366 g/mol. The molecule has 24 heavy (non-hydrogen) atoms. The van der Waals surface area contributed by atoms with Gasteiger partial charge in [-0.05, 0) is 23.6 Å². The Hall–Kier alpha value is -1.34. The second-order valence-electron chi connectivity index (χ2n) is 6.56. The molecule has 2 heterocycles. The smallest absolute Gasteiger partial charge is 0.247 e. The first-order valence-electron chi connectivity index (χ1n) is 8.18. The van der Waals surface area contributed by atoms with Crippen LogP contribution in [0.4, 0.5) is 5.69 Å². The van der Waals surface area contributed by atoms with E-state index < -0.39 is 9.84 Å². The highest BCUT2D eigenvalue weighted by molar-refractivity contribution is 8.16. The van der Waals surface area contributed by atoms with Gasteiger partial charge >= 0.3 is 0 Å². The summed E-state index contributed by atoms with van der Waals surface area (Å²) in [5, 5.41) is 0.576. The summed E-state index contributed by atoms with van der Waals surface area (Å²) in [4.78, 5) is 17.9. The lowest BCUT2D eigenvalue weighted by atomic mass is 10.0. The van der Waals surface area contributed by atoms with Crippen LogP contribution in [0.5, 0.6) is 0 Å². The molecule has 0 spiro atoms. The van der Waals surface area contributed by atoms with Crippen molar-refractivity contribution in [3.8, 4) is 0 Å². The van der Waals surface area contributed by atoms with E-state index in [0.29, 0.717) is 17.5 Å². The van der Waals surface area contributed by atoms with Gasteiger partial charge < -0.3 is 4.90 Å². The Bertz CT molecular complexity index is 770. The van der Waals surface area contributed by atoms with Gasteiger partial charge in [0.25, 0.3) is 0 Å². The summed E-state index contributed by atoms with van der Waals surface area (Å²) in [6.07, 6.45) is 0.345. The average molecular weight is 367 g/mol. The SMILES string of the molecule is CCC(=O)N=C1SC2CS(=O)(=O)CC2N1c1ccc(C(C)C)cc1. The molecule has 7 heteroatoms. The molecule has 2 unspecified atom stereocenters. The zero-order valence-electron chi connectivity index (χ0n) is 14.1. The number of hydrogen-bond donors (Lipinski definition) is 0. The van der Waals surface area contributed by atoms with E-state index in [-0.39, 0.29) is 28.7 Å². The third-order valence-electron chi connectivity index (χ3n) is 4.43. The molecule has 0 aliphatic carbocycles. The van der Waals surface area contributed by atoms with E-state index >= 15 is 0 Å². The number of amides is 1. The summed E-state index contributed by atoms with van der Waals surface area (Å²) in [5.41, 5.74) is 2.13. The maximum atomic E-state index is 12.0. The van der Waals surface area contributed by atoms with Crippen molar-refractivity contribution >= 4 is 38.4 Å². The van der Waals surface area contributed by atoms with E-state index in [9.17, 15) is 13.2 Å². The number of thioether (sulfide) groups is 1. The van der Waals surface area contributed by atoms with Crippen LogP contribution >= 0.6 is 11.8 Å². The summed E-state index contributed by atoms with van der Waals surface area (Å²) in [6.45, 7) is 6.04. The van der Waals surface area contributed by atoms with Crippen LogP contribution in [0.25, 0.3) is 0 Å². The molecule has 2 fully saturated rings. The topological polar surface area (TPSA) is 66.8 Å². The highest BCUT2D eigenvalue weighted by atomic mass is 32.2. The minimum absolute atomic E-state index is 0.0526. The van der Waals surface area contributed by atoms with Gasteiger partial charge in [0.2, 0.25) is 5.91 Å². The minimum atomic E-state index is -3.03. The highest BCUT2D eigenvalue weighted by Gasteiger charge is 2.49. The lowest BCUT2D eigenvalue weighted by Crippen LogP contribution is -2.37. The first-order valence-corrected chi connectivity index (χ1v) is 10.9. The van der Waals surface area contributed by atoms with Gasteiger partial charge in [-0.1, -0.05) is 44.7 Å². The third-order valence-corrected chi connectivity index (χ3v) is 7.64. The number of aliphatic imine (C=N–C) groups is 1. The quantitative estimate of drug-likeness (QED) is 0.823. The van der Waals surface area contributed by atoms with Crippen molar-refractivity contribution in [2.75, 3.05) is 16.4 Å². The van der Waals surface area contributed by atoms with Crippen LogP contribution < -0.4 is 4.90 Å². The van der Waals surface area contributed by atoms with Crippen molar-refractivity contribution in [1.29, 1.82) is 0 Å². The van der Waals surface area contributed by atoms with E-state index in [0.717, 1.165) is 5.69 Å². The van der Waals surface area contributed by atoms with Gasteiger partial charge in [-0.15, -0.1) is 0 Å². The fourth-order valence-corrected chi connectivity index (χ4v) is 7.00. The van der Waals surface area contributed by atoms with Crippen LogP contribution in [0.1, 0.15) is 38.7 Å². The van der Waals surface area contributed by atoms with E-state index in [1.165, 1.54) is 17.3 Å². The van der Waals surface area contributed by atoms with E-state index in [1.807, 2.05) is 17.0 Å². The molecule has 2 saturated heterocycles. The Morgan fingerprint density at radius 3 is 2.54 bits per heavy atom. The molecule has 5 nitrogen and oxygen atoms in total. The number of rotatable bonds is 3. The third kappa shape index (κ3) is 3.37. The molecular formula is C17H22N2O3S2. The van der Waals surface area contributed by atoms with Gasteiger partial charge in [-0.2, -0.15) is 4.99 Å². The van der Waals surface area contributed by atoms with Crippen molar-refractivity contribution in [3.63, 3.8) is 0 Å². The van der Waals surface area contributed by atoms with Gasteiger partial charge in [0.15, 0.2) is 15.0 Å². The lowest BCUT2D eigenvalue weighted by molar-refractivity contribution is -0.117. The Morgan fingerprint density at radius 2 is 1.96 bits per heavy atom. The predicted octanol–water partition coefficient (Wildman–Crippen LogP) is 2.82. The number of carbonyl (C=O) groups excluding carboxylic acids is 1. The molecule has 1 amide bonds. The van der Waals surface area contributed by atoms with Gasteiger partial charge in [-0.25, -0.2) is 8.42 Å². The molecule has 1 aromatic carbocycles. The normalized spacial score (nSPS) is 27.0. The number of anilines is 1. The molecule has 0 N–H and O–H groups in total. The molecule has 0 aromatic heterocycles. The standard InChI is InChI=1S/C17H22N2O3S2/c1-4-16(20)18-17-19(13-7-5-12(6-8-13)11(2)3)14-9-24(21,22)10-15(14)23-17/h5-8,11,14-15H,4,9-10H2,1-3H3. The number of fused-ring (bicyclic) bond motifs is 1.